The molecule has 0 spiro atoms. The summed E-state index contributed by atoms with van der Waals surface area (Å²) in [5.41, 5.74) is 0. The lowest BCUT2D eigenvalue weighted by Gasteiger charge is -2.23. The van der Waals surface area contributed by atoms with Crippen LogP contribution in [0.3, 0.4) is 0 Å². The van der Waals surface area contributed by atoms with Gasteiger partial charge in [-0.05, 0) is 25.1 Å². The first-order valence-corrected chi connectivity index (χ1v) is 6.29. The Bertz CT molecular complexity index is 340. The zero-order chi connectivity index (χ0) is 12.1. The number of hydrogen-bond donors (Lipinski definition) is 1. The molecular weight excluding hydrogens is 216 g/mol. The van der Waals surface area contributed by atoms with Gasteiger partial charge in [0.1, 0.15) is 5.76 Å². The summed E-state index contributed by atoms with van der Waals surface area (Å²) in [4.78, 5) is 14.2. The molecule has 2 heterocycles. The maximum absolute atomic E-state index is 12.2. The van der Waals surface area contributed by atoms with Gasteiger partial charge in [-0.15, -0.1) is 0 Å². The van der Waals surface area contributed by atoms with Crippen molar-refractivity contribution in [3.63, 3.8) is 0 Å². The van der Waals surface area contributed by atoms with Gasteiger partial charge < -0.3 is 14.6 Å². The molecule has 1 aromatic heterocycles. The van der Waals surface area contributed by atoms with E-state index in [-0.39, 0.29) is 11.8 Å². The molecule has 1 atom stereocenters. The van der Waals surface area contributed by atoms with E-state index < -0.39 is 0 Å². The van der Waals surface area contributed by atoms with E-state index >= 15 is 0 Å². The standard InChI is InChI=1S/C13H20N2O2/c1-11(10-12-4-2-9-17-12)13(16)15-7-3-5-14-6-8-15/h2,4,9,11,14H,3,5-8,10H2,1H3. The van der Waals surface area contributed by atoms with Crippen molar-refractivity contribution < 1.29 is 9.21 Å². The van der Waals surface area contributed by atoms with Crippen LogP contribution >= 0.6 is 0 Å². The predicted octanol–water partition coefficient (Wildman–Crippen LogP) is 1.28. The second kappa shape index (κ2) is 5.87. The monoisotopic (exact) mass is 236 g/mol. The van der Waals surface area contributed by atoms with Crippen molar-refractivity contribution in [1.29, 1.82) is 0 Å². The summed E-state index contributed by atoms with van der Waals surface area (Å²) >= 11 is 0. The van der Waals surface area contributed by atoms with Crippen molar-refractivity contribution in [1.82, 2.24) is 10.2 Å². The highest BCUT2D eigenvalue weighted by Crippen LogP contribution is 2.12. The summed E-state index contributed by atoms with van der Waals surface area (Å²) in [6.07, 6.45) is 3.39. The fraction of sp³-hybridized carbons (Fsp3) is 0.615. The summed E-state index contributed by atoms with van der Waals surface area (Å²) in [5, 5.41) is 3.30. The Hall–Kier alpha value is -1.29. The number of carbonyl (C=O) groups is 1. The quantitative estimate of drug-likeness (QED) is 0.860. The minimum absolute atomic E-state index is 0.000694. The molecule has 4 nitrogen and oxygen atoms in total. The lowest BCUT2D eigenvalue weighted by molar-refractivity contribution is -0.134. The number of nitrogens with zero attached hydrogens (tertiary/aromatic N) is 1. The topological polar surface area (TPSA) is 45.5 Å². The molecule has 4 heteroatoms. The third-order valence-electron chi connectivity index (χ3n) is 3.16. The Morgan fingerprint density at radius 2 is 2.41 bits per heavy atom. The van der Waals surface area contributed by atoms with E-state index in [9.17, 15) is 4.79 Å². The first-order valence-electron chi connectivity index (χ1n) is 6.29. The van der Waals surface area contributed by atoms with Crippen LogP contribution in [-0.4, -0.2) is 37.0 Å². The number of amides is 1. The maximum atomic E-state index is 12.2. The largest absolute Gasteiger partial charge is 0.469 e. The summed E-state index contributed by atoms with van der Waals surface area (Å²) < 4.78 is 5.28. The van der Waals surface area contributed by atoms with E-state index in [4.69, 9.17) is 4.42 Å². The molecule has 1 unspecified atom stereocenters. The van der Waals surface area contributed by atoms with Crippen LogP contribution in [0.2, 0.25) is 0 Å². The lowest BCUT2D eigenvalue weighted by Crippen LogP contribution is -2.38. The highest BCUT2D eigenvalue weighted by Gasteiger charge is 2.22. The van der Waals surface area contributed by atoms with Crippen molar-refractivity contribution in [2.45, 2.75) is 19.8 Å². The van der Waals surface area contributed by atoms with Crippen molar-refractivity contribution in [2.24, 2.45) is 5.92 Å². The highest BCUT2D eigenvalue weighted by atomic mass is 16.3. The van der Waals surface area contributed by atoms with Crippen LogP contribution < -0.4 is 5.32 Å². The second-order valence-electron chi connectivity index (χ2n) is 4.61. The van der Waals surface area contributed by atoms with Crippen molar-refractivity contribution in [3.05, 3.63) is 24.2 Å². The van der Waals surface area contributed by atoms with Crippen molar-refractivity contribution in [2.75, 3.05) is 26.2 Å². The van der Waals surface area contributed by atoms with E-state index in [0.717, 1.165) is 38.4 Å². The molecule has 0 radical (unpaired) electrons. The van der Waals surface area contributed by atoms with E-state index in [1.165, 1.54) is 0 Å². The Morgan fingerprint density at radius 1 is 1.53 bits per heavy atom. The number of furan rings is 1. The van der Waals surface area contributed by atoms with Gasteiger partial charge >= 0.3 is 0 Å². The molecule has 1 aliphatic rings. The molecule has 0 bridgehead atoms. The lowest BCUT2D eigenvalue weighted by atomic mass is 10.0. The third-order valence-corrected chi connectivity index (χ3v) is 3.16. The fourth-order valence-corrected chi connectivity index (χ4v) is 2.20. The Morgan fingerprint density at radius 3 is 3.18 bits per heavy atom. The van der Waals surface area contributed by atoms with Gasteiger partial charge in [0, 0.05) is 32.0 Å². The molecule has 2 rings (SSSR count). The zero-order valence-corrected chi connectivity index (χ0v) is 10.3. The fourth-order valence-electron chi connectivity index (χ4n) is 2.20. The molecule has 1 amide bonds. The Balaban J connectivity index is 1.89. The van der Waals surface area contributed by atoms with E-state index in [1.54, 1.807) is 6.26 Å². The van der Waals surface area contributed by atoms with Gasteiger partial charge in [-0.1, -0.05) is 6.92 Å². The van der Waals surface area contributed by atoms with Gasteiger partial charge in [-0.25, -0.2) is 0 Å². The molecule has 17 heavy (non-hydrogen) atoms. The van der Waals surface area contributed by atoms with Crippen molar-refractivity contribution in [3.8, 4) is 0 Å². The first-order chi connectivity index (χ1) is 8.27. The molecule has 1 aromatic rings. The third kappa shape index (κ3) is 3.33. The van der Waals surface area contributed by atoms with E-state index in [0.29, 0.717) is 6.42 Å². The van der Waals surface area contributed by atoms with Crippen molar-refractivity contribution >= 4 is 5.91 Å². The zero-order valence-electron chi connectivity index (χ0n) is 10.3. The van der Waals surface area contributed by atoms with Gasteiger partial charge in [0.15, 0.2) is 0 Å². The Labute approximate surface area is 102 Å². The van der Waals surface area contributed by atoms with Crippen LogP contribution in [0.25, 0.3) is 0 Å². The molecule has 1 N–H and O–H groups in total. The van der Waals surface area contributed by atoms with Gasteiger partial charge in [0.25, 0.3) is 0 Å². The van der Waals surface area contributed by atoms with Gasteiger partial charge in [0.05, 0.1) is 6.26 Å². The average molecular weight is 236 g/mol. The second-order valence-corrected chi connectivity index (χ2v) is 4.61. The first kappa shape index (κ1) is 12.2. The van der Waals surface area contributed by atoms with E-state index in [1.807, 2.05) is 24.0 Å². The molecular formula is C13H20N2O2. The molecule has 1 saturated heterocycles. The van der Waals surface area contributed by atoms with E-state index in [2.05, 4.69) is 5.32 Å². The molecule has 1 aliphatic heterocycles. The molecule has 0 saturated carbocycles. The minimum atomic E-state index is -0.000694. The highest BCUT2D eigenvalue weighted by molar-refractivity contribution is 5.78. The average Bonchev–Trinajstić information content (AvgIpc) is 2.68. The number of rotatable bonds is 3. The van der Waals surface area contributed by atoms with Gasteiger partial charge in [-0.3, -0.25) is 4.79 Å². The van der Waals surface area contributed by atoms with Gasteiger partial charge in [0.2, 0.25) is 5.91 Å². The smallest absolute Gasteiger partial charge is 0.225 e. The normalized spacial score (nSPS) is 18.8. The Kier molecular flexibility index (Phi) is 4.20. The van der Waals surface area contributed by atoms with Crippen LogP contribution in [0.1, 0.15) is 19.1 Å². The SMILES string of the molecule is CC(Cc1ccco1)C(=O)N1CCCNCC1. The van der Waals surface area contributed by atoms with Crippen LogP contribution in [0.15, 0.2) is 22.8 Å². The predicted molar refractivity (Wildman–Crippen MR) is 65.6 cm³/mol. The summed E-state index contributed by atoms with van der Waals surface area (Å²) in [6, 6.07) is 3.79. The van der Waals surface area contributed by atoms with Crippen LogP contribution in [-0.2, 0) is 11.2 Å². The summed E-state index contributed by atoms with van der Waals surface area (Å²) in [7, 11) is 0. The number of nitrogens with one attached hydrogen (secondary N) is 1. The molecule has 1 fully saturated rings. The van der Waals surface area contributed by atoms with Crippen LogP contribution in [0.5, 0.6) is 0 Å². The van der Waals surface area contributed by atoms with Crippen LogP contribution in [0.4, 0.5) is 0 Å². The summed E-state index contributed by atoms with van der Waals surface area (Å²) in [5.74, 6) is 1.13. The minimum Gasteiger partial charge on any atom is -0.469 e. The van der Waals surface area contributed by atoms with Gasteiger partial charge in [-0.2, -0.15) is 0 Å². The molecule has 94 valence electrons. The number of carbonyl (C=O) groups excluding carboxylic acids is 1. The number of hydrogen-bond acceptors (Lipinski definition) is 3. The van der Waals surface area contributed by atoms with Crippen LogP contribution in [0, 0.1) is 5.92 Å². The maximum Gasteiger partial charge on any atom is 0.225 e. The molecule has 0 aliphatic carbocycles. The summed E-state index contributed by atoms with van der Waals surface area (Å²) in [6.45, 7) is 5.58. The molecule has 0 aromatic carbocycles.